The minimum absolute atomic E-state index is 0.143. The van der Waals surface area contributed by atoms with E-state index in [1.165, 1.54) is 5.32 Å². The van der Waals surface area contributed by atoms with Crippen LogP contribution in [0.1, 0.15) is 5.56 Å². The number of amides is 1. The maximum absolute atomic E-state index is 12.4. The predicted molar refractivity (Wildman–Crippen MR) is 135 cm³/mol. The van der Waals surface area contributed by atoms with Gasteiger partial charge in [0, 0.05) is 6.42 Å². The number of carbonyl (C=O) groups excluding carboxylic acids is 1. The molecule has 0 heterocycles. The van der Waals surface area contributed by atoms with E-state index in [2.05, 4.69) is 0 Å². The van der Waals surface area contributed by atoms with Crippen LogP contribution in [-0.4, -0.2) is 34.3 Å². The molecule has 0 fully saturated rings. The Hall–Kier alpha value is -0.310. The number of carboxylic acids is 1. The Morgan fingerprint density at radius 1 is 1.00 bits per heavy atom. The second kappa shape index (κ2) is 10.5. The van der Waals surface area contributed by atoms with Gasteiger partial charge in [-0.15, -0.1) is 0 Å². The van der Waals surface area contributed by atoms with Crippen LogP contribution < -0.4 is 10.1 Å². The van der Waals surface area contributed by atoms with Gasteiger partial charge in [0.05, 0.1) is 14.3 Å². The number of phenols is 1. The second-order valence-electron chi connectivity index (χ2n) is 5.79. The number of halogens is 7. The fraction of sp³-hybridized carbons (Fsp3) is 0.176. The average molecular weight is 873 g/mol. The molecule has 0 aliphatic rings. The van der Waals surface area contributed by atoms with Gasteiger partial charge in [-0.25, -0.2) is 4.79 Å². The summed E-state index contributed by atoms with van der Waals surface area (Å²) in [6.45, 7) is 0. The van der Waals surface area contributed by atoms with E-state index >= 15 is 0 Å². The Kier molecular flexibility index (Phi) is 9.11. The van der Waals surface area contributed by atoms with E-state index in [9.17, 15) is 33.0 Å². The molecule has 162 valence electrons. The molecule has 0 bridgehead atoms. The summed E-state index contributed by atoms with van der Waals surface area (Å²) in [5, 5.41) is 20.5. The number of hydrogen-bond acceptors (Lipinski definition) is 4. The molecule has 3 N–H and O–H groups in total. The van der Waals surface area contributed by atoms with Gasteiger partial charge < -0.3 is 20.3 Å². The Morgan fingerprint density at radius 2 is 1.50 bits per heavy atom. The molecule has 0 aromatic heterocycles. The summed E-state index contributed by atoms with van der Waals surface area (Å²) >= 11 is 7.87. The number of aromatic hydroxyl groups is 1. The van der Waals surface area contributed by atoms with Gasteiger partial charge in [0.1, 0.15) is 17.5 Å². The first-order chi connectivity index (χ1) is 13.8. The summed E-state index contributed by atoms with van der Waals surface area (Å²) < 4.78 is 45.6. The number of ether oxygens (including phenoxy) is 1. The van der Waals surface area contributed by atoms with Crippen molar-refractivity contribution in [3.63, 3.8) is 0 Å². The molecule has 13 heteroatoms. The van der Waals surface area contributed by atoms with Crippen LogP contribution in [0, 0.1) is 14.3 Å². The van der Waals surface area contributed by atoms with Crippen LogP contribution in [0.4, 0.5) is 13.2 Å². The third-order valence-electron chi connectivity index (χ3n) is 3.57. The highest BCUT2D eigenvalue weighted by Gasteiger charge is 2.40. The standard InChI is InChI=1S/C17H10F3I4NO5/c18-17(19,20)16(29)25-12(15(27)28)3-6-1-10(23)14(11(24)2-6)30-7-4-8(21)13(26)9(22)5-7/h1-2,4-5,12,26H,3H2,(H,25,29)(H,27,28). The number of carboxylic acid groups (broad SMARTS) is 1. The zero-order chi connectivity index (χ0) is 22.8. The van der Waals surface area contributed by atoms with Crippen LogP contribution in [0.25, 0.3) is 0 Å². The number of hydrogen-bond donors (Lipinski definition) is 3. The normalized spacial score (nSPS) is 12.4. The number of phenolic OH excluding ortho intramolecular Hbond substituents is 1. The Bertz CT molecular complexity index is 954. The largest absolute Gasteiger partial charge is 0.506 e. The zero-order valence-corrected chi connectivity index (χ0v) is 23.0. The summed E-state index contributed by atoms with van der Waals surface area (Å²) in [6.07, 6.45) is -5.51. The summed E-state index contributed by atoms with van der Waals surface area (Å²) in [4.78, 5) is 22.4. The molecule has 2 aromatic rings. The van der Waals surface area contributed by atoms with Crippen molar-refractivity contribution < 1.29 is 37.7 Å². The molecule has 0 aliphatic heterocycles. The molecule has 1 atom stereocenters. The van der Waals surface area contributed by atoms with Gasteiger partial charge >= 0.3 is 18.1 Å². The van der Waals surface area contributed by atoms with Crippen molar-refractivity contribution in [2.24, 2.45) is 0 Å². The fourth-order valence-corrected chi connectivity index (χ4v) is 6.05. The average Bonchev–Trinajstić information content (AvgIpc) is 2.61. The SMILES string of the molecule is O=C(O)C(Cc1cc(I)c(Oc2cc(I)c(O)c(I)c2)c(I)c1)NC(=O)C(F)(F)F. The molecule has 0 spiro atoms. The van der Waals surface area contributed by atoms with Crippen LogP contribution in [0.15, 0.2) is 24.3 Å². The molecule has 0 aliphatic carbocycles. The lowest BCUT2D eigenvalue weighted by atomic mass is 10.1. The number of carbonyl (C=O) groups is 2. The topological polar surface area (TPSA) is 95.9 Å². The third kappa shape index (κ3) is 6.84. The van der Waals surface area contributed by atoms with E-state index in [4.69, 9.17) is 4.74 Å². The van der Waals surface area contributed by atoms with E-state index in [-0.39, 0.29) is 12.2 Å². The molecule has 30 heavy (non-hydrogen) atoms. The quantitative estimate of drug-likeness (QED) is 0.344. The molecule has 0 saturated heterocycles. The van der Waals surface area contributed by atoms with Crippen LogP contribution in [-0.2, 0) is 16.0 Å². The highest BCUT2D eigenvalue weighted by Crippen LogP contribution is 2.37. The van der Waals surface area contributed by atoms with Crippen molar-refractivity contribution in [1.29, 1.82) is 0 Å². The van der Waals surface area contributed by atoms with Gasteiger partial charge in [0.2, 0.25) is 0 Å². The van der Waals surface area contributed by atoms with E-state index in [1.54, 1.807) is 24.3 Å². The Balaban J connectivity index is 2.26. The van der Waals surface area contributed by atoms with E-state index in [1.807, 2.05) is 90.4 Å². The third-order valence-corrected chi connectivity index (χ3v) is 6.82. The molecule has 1 amide bonds. The van der Waals surface area contributed by atoms with Crippen LogP contribution in [0.3, 0.4) is 0 Å². The lowest BCUT2D eigenvalue weighted by molar-refractivity contribution is -0.175. The van der Waals surface area contributed by atoms with Gasteiger partial charge in [0.25, 0.3) is 0 Å². The van der Waals surface area contributed by atoms with Crippen molar-refractivity contribution >= 4 is 102 Å². The summed E-state index contributed by atoms with van der Waals surface area (Å²) in [7, 11) is 0. The lowest BCUT2D eigenvalue weighted by Gasteiger charge is -2.17. The number of benzene rings is 2. The van der Waals surface area contributed by atoms with Crippen LogP contribution >= 0.6 is 90.4 Å². The molecular formula is C17H10F3I4NO5. The maximum atomic E-state index is 12.4. The summed E-state index contributed by atoms with van der Waals surface area (Å²) in [5.74, 6) is -2.79. The first kappa shape index (κ1) is 25.9. The van der Waals surface area contributed by atoms with E-state index < -0.39 is 24.1 Å². The van der Waals surface area contributed by atoms with Gasteiger partial charge in [-0.1, -0.05) is 0 Å². The van der Waals surface area contributed by atoms with Crippen molar-refractivity contribution in [3.05, 3.63) is 44.1 Å². The molecule has 1 unspecified atom stereocenters. The molecule has 2 aromatic carbocycles. The zero-order valence-electron chi connectivity index (χ0n) is 14.4. The molecule has 0 radical (unpaired) electrons. The van der Waals surface area contributed by atoms with Gasteiger partial charge in [-0.3, -0.25) is 4.79 Å². The monoisotopic (exact) mass is 873 g/mol. The smallest absolute Gasteiger partial charge is 0.471 e. The molecule has 0 saturated carbocycles. The lowest BCUT2D eigenvalue weighted by Crippen LogP contribution is -2.47. The molecule has 2 rings (SSSR count). The minimum atomic E-state index is -5.17. The van der Waals surface area contributed by atoms with Crippen LogP contribution in [0.2, 0.25) is 0 Å². The van der Waals surface area contributed by atoms with Crippen molar-refractivity contribution in [1.82, 2.24) is 5.32 Å². The van der Waals surface area contributed by atoms with Crippen molar-refractivity contribution in [2.45, 2.75) is 18.6 Å². The highest BCUT2D eigenvalue weighted by molar-refractivity contribution is 14.1. The van der Waals surface area contributed by atoms with Gasteiger partial charge in [-0.05, 0) is 120 Å². The highest BCUT2D eigenvalue weighted by atomic mass is 127. The van der Waals surface area contributed by atoms with Gasteiger partial charge in [0.15, 0.2) is 5.75 Å². The number of nitrogens with one attached hydrogen (secondary N) is 1. The minimum Gasteiger partial charge on any atom is -0.506 e. The number of aliphatic carboxylic acids is 1. The number of rotatable bonds is 6. The first-order valence-corrected chi connectivity index (χ1v) is 12.1. The summed E-state index contributed by atoms with van der Waals surface area (Å²) in [5.41, 5.74) is 0.417. The maximum Gasteiger partial charge on any atom is 0.471 e. The number of alkyl halides is 3. The predicted octanol–water partition coefficient (Wildman–Crippen LogP) is 5.28. The summed E-state index contributed by atoms with van der Waals surface area (Å²) in [6, 6.07) is 4.70. The van der Waals surface area contributed by atoms with Crippen molar-refractivity contribution in [2.75, 3.05) is 0 Å². The van der Waals surface area contributed by atoms with Crippen LogP contribution in [0.5, 0.6) is 17.2 Å². The Labute approximate surface area is 222 Å². The van der Waals surface area contributed by atoms with E-state index in [0.29, 0.717) is 31.3 Å². The van der Waals surface area contributed by atoms with E-state index in [0.717, 1.165) is 0 Å². The van der Waals surface area contributed by atoms with Gasteiger partial charge in [-0.2, -0.15) is 13.2 Å². The molecular weight excluding hydrogens is 863 g/mol. The fourth-order valence-electron chi connectivity index (χ4n) is 2.22. The Morgan fingerprint density at radius 3 is 1.93 bits per heavy atom. The second-order valence-corrected chi connectivity index (χ2v) is 10.4. The van der Waals surface area contributed by atoms with Crippen molar-refractivity contribution in [3.8, 4) is 17.2 Å². The first-order valence-electron chi connectivity index (χ1n) is 7.74. The molecule has 6 nitrogen and oxygen atoms in total.